The minimum Gasteiger partial charge on any atom is -0.369 e. The van der Waals surface area contributed by atoms with Gasteiger partial charge in [0.1, 0.15) is 11.6 Å². The molecule has 0 aliphatic heterocycles. The highest BCUT2D eigenvalue weighted by Gasteiger charge is 2.05. The molecule has 0 aromatic carbocycles. The molecule has 0 fully saturated rings. The first-order valence-corrected chi connectivity index (χ1v) is 5.93. The van der Waals surface area contributed by atoms with Gasteiger partial charge in [0.2, 0.25) is 0 Å². The maximum Gasteiger partial charge on any atom is 0.159 e. The molecule has 1 N–H and O–H groups in total. The van der Waals surface area contributed by atoms with Gasteiger partial charge in [-0.25, -0.2) is 9.97 Å². The second-order valence-corrected chi connectivity index (χ2v) is 3.76. The van der Waals surface area contributed by atoms with Crippen molar-refractivity contribution >= 4 is 5.82 Å². The first-order chi connectivity index (χ1) is 8.35. The molecule has 0 spiro atoms. The Balaban J connectivity index is 2.26. The molecule has 2 aromatic rings. The zero-order valence-corrected chi connectivity index (χ0v) is 10.2. The molecule has 2 aromatic heterocycles. The molecule has 0 bridgehead atoms. The van der Waals surface area contributed by atoms with Gasteiger partial charge in [0.25, 0.3) is 0 Å². The topological polar surface area (TPSA) is 55.6 Å². The van der Waals surface area contributed by atoms with Gasteiger partial charge >= 0.3 is 0 Å². The van der Waals surface area contributed by atoms with Crippen LogP contribution in [0.1, 0.15) is 26.1 Å². The van der Waals surface area contributed by atoms with Crippen molar-refractivity contribution in [1.29, 1.82) is 0 Å². The largest absolute Gasteiger partial charge is 0.369 e. The second-order valence-electron chi connectivity index (χ2n) is 3.76. The van der Waals surface area contributed by atoms with Crippen LogP contribution in [-0.2, 0) is 6.42 Å². The first-order valence-electron chi connectivity index (χ1n) is 5.93. The Morgan fingerprint density at radius 3 is 2.94 bits per heavy atom. The van der Waals surface area contributed by atoms with Crippen molar-refractivity contribution in [2.24, 2.45) is 0 Å². The third-order valence-electron chi connectivity index (χ3n) is 2.46. The Morgan fingerprint density at radius 1 is 1.29 bits per heavy atom. The van der Waals surface area contributed by atoms with Crippen molar-refractivity contribution in [2.45, 2.75) is 26.7 Å². The number of rotatable bonds is 5. The maximum absolute atomic E-state index is 4.51. The van der Waals surface area contributed by atoms with Crippen LogP contribution >= 0.6 is 0 Å². The van der Waals surface area contributed by atoms with Crippen LogP contribution < -0.4 is 5.32 Å². The van der Waals surface area contributed by atoms with E-state index in [1.165, 1.54) is 0 Å². The Labute approximate surface area is 101 Å². The Hall–Kier alpha value is -1.91. The van der Waals surface area contributed by atoms with Crippen molar-refractivity contribution in [1.82, 2.24) is 19.5 Å². The number of nitrogens with zero attached hydrogens (tertiary/aromatic N) is 4. The zero-order valence-electron chi connectivity index (χ0n) is 10.2. The number of hydrogen-bond donors (Lipinski definition) is 1. The molecule has 0 saturated carbocycles. The van der Waals surface area contributed by atoms with E-state index in [-0.39, 0.29) is 0 Å². The van der Waals surface area contributed by atoms with Gasteiger partial charge in [0, 0.05) is 25.4 Å². The molecule has 0 unspecified atom stereocenters. The highest BCUT2D eigenvalue weighted by atomic mass is 15.2. The highest BCUT2D eigenvalue weighted by molar-refractivity contribution is 5.36. The van der Waals surface area contributed by atoms with Crippen molar-refractivity contribution in [2.75, 3.05) is 11.9 Å². The molecule has 2 rings (SSSR count). The van der Waals surface area contributed by atoms with Crippen LogP contribution in [0, 0.1) is 0 Å². The van der Waals surface area contributed by atoms with Crippen LogP contribution in [0.2, 0.25) is 0 Å². The SMILES string of the molecule is CCCNc1cncc(-n2ccnc2CC)n1. The number of hydrogen-bond acceptors (Lipinski definition) is 4. The molecule has 2 heterocycles. The van der Waals surface area contributed by atoms with Gasteiger partial charge < -0.3 is 5.32 Å². The third-order valence-corrected chi connectivity index (χ3v) is 2.46. The van der Waals surface area contributed by atoms with Crippen LogP contribution in [0.3, 0.4) is 0 Å². The van der Waals surface area contributed by atoms with Crippen molar-refractivity contribution in [3.05, 3.63) is 30.6 Å². The fraction of sp³-hybridized carbons (Fsp3) is 0.417. The average Bonchev–Trinajstić information content (AvgIpc) is 2.85. The Kier molecular flexibility index (Phi) is 3.69. The van der Waals surface area contributed by atoms with E-state index in [4.69, 9.17) is 0 Å². The van der Waals surface area contributed by atoms with Crippen LogP contribution in [0.15, 0.2) is 24.8 Å². The van der Waals surface area contributed by atoms with E-state index in [0.717, 1.165) is 36.8 Å². The summed E-state index contributed by atoms with van der Waals surface area (Å²) in [6, 6.07) is 0. The van der Waals surface area contributed by atoms with E-state index in [2.05, 4.69) is 34.1 Å². The van der Waals surface area contributed by atoms with Gasteiger partial charge in [0.15, 0.2) is 5.82 Å². The standard InChI is InChI=1S/C12H17N5/c1-3-5-14-10-8-13-9-12(16-10)17-7-6-15-11(17)4-2/h6-9H,3-5H2,1-2H3,(H,14,16). The third kappa shape index (κ3) is 2.61. The molecule has 5 heteroatoms. The van der Waals surface area contributed by atoms with Gasteiger partial charge in [-0.2, -0.15) is 0 Å². The monoisotopic (exact) mass is 231 g/mol. The molecule has 90 valence electrons. The van der Waals surface area contributed by atoms with E-state index in [1.807, 2.05) is 10.8 Å². The summed E-state index contributed by atoms with van der Waals surface area (Å²) in [6.07, 6.45) is 9.12. The predicted octanol–water partition coefficient (Wildman–Crippen LogP) is 2.05. The molecular weight excluding hydrogens is 214 g/mol. The van der Waals surface area contributed by atoms with Crippen molar-refractivity contribution in [3.63, 3.8) is 0 Å². The quantitative estimate of drug-likeness (QED) is 0.855. The lowest BCUT2D eigenvalue weighted by Crippen LogP contribution is -2.07. The van der Waals surface area contributed by atoms with Crippen LogP contribution in [-0.4, -0.2) is 26.1 Å². The van der Waals surface area contributed by atoms with E-state index in [0.29, 0.717) is 0 Å². The summed E-state index contributed by atoms with van der Waals surface area (Å²) >= 11 is 0. The number of imidazole rings is 1. The molecule has 0 saturated heterocycles. The molecule has 0 aliphatic carbocycles. The Bertz CT molecular complexity index is 477. The lowest BCUT2D eigenvalue weighted by molar-refractivity contribution is 0.857. The van der Waals surface area contributed by atoms with Crippen molar-refractivity contribution in [3.8, 4) is 5.82 Å². The van der Waals surface area contributed by atoms with Gasteiger partial charge in [0.05, 0.1) is 12.4 Å². The minimum absolute atomic E-state index is 0.806. The normalized spacial score (nSPS) is 10.5. The van der Waals surface area contributed by atoms with Crippen LogP contribution in [0.5, 0.6) is 0 Å². The predicted molar refractivity (Wildman–Crippen MR) is 67.3 cm³/mol. The smallest absolute Gasteiger partial charge is 0.159 e. The van der Waals surface area contributed by atoms with E-state index >= 15 is 0 Å². The summed E-state index contributed by atoms with van der Waals surface area (Å²) in [4.78, 5) is 13.0. The van der Waals surface area contributed by atoms with Crippen molar-refractivity contribution < 1.29 is 0 Å². The molecule has 0 radical (unpaired) electrons. The molecule has 0 aliphatic rings. The fourth-order valence-electron chi connectivity index (χ4n) is 1.61. The fourth-order valence-corrected chi connectivity index (χ4v) is 1.61. The summed E-state index contributed by atoms with van der Waals surface area (Å²) < 4.78 is 1.96. The van der Waals surface area contributed by atoms with Gasteiger partial charge in [-0.3, -0.25) is 9.55 Å². The van der Waals surface area contributed by atoms with E-state index < -0.39 is 0 Å². The maximum atomic E-state index is 4.51. The second kappa shape index (κ2) is 5.43. The van der Waals surface area contributed by atoms with Gasteiger partial charge in [-0.1, -0.05) is 13.8 Å². The zero-order chi connectivity index (χ0) is 12.1. The summed E-state index contributed by atoms with van der Waals surface area (Å²) in [6.45, 7) is 5.10. The highest BCUT2D eigenvalue weighted by Crippen LogP contribution is 2.10. The Morgan fingerprint density at radius 2 is 2.18 bits per heavy atom. The molecule has 17 heavy (non-hydrogen) atoms. The van der Waals surface area contributed by atoms with Gasteiger partial charge in [-0.15, -0.1) is 0 Å². The molecular formula is C12H17N5. The number of nitrogens with one attached hydrogen (secondary N) is 1. The van der Waals surface area contributed by atoms with E-state index in [1.54, 1.807) is 18.6 Å². The average molecular weight is 231 g/mol. The van der Waals surface area contributed by atoms with Crippen LogP contribution in [0.4, 0.5) is 5.82 Å². The first kappa shape index (κ1) is 11.6. The number of anilines is 1. The lowest BCUT2D eigenvalue weighted by Gasteiger charge is -2.08. The summed E-state index contributed by atoms with van der Waals surface area (Å²) in [5.74, 6) is 2.60. The summed E-state index contributed by atoms with van der Waals surface area (Å²) in [5, 5.41) is 3.23. The number of aromatic nitrogens is 4. The molecule has 5 nitrogen and oxygen atoms in total. The molecule has 0 amide bonds. The van der Waals surface area contributed by atoms with Gasteiger partial charge in [-0.05, 0) is 6.42 Å². The minimum atomic E-state index is 0.806. The summed E-state index contributed by atoms with van der Waals surface area (Å²) in [5.41, 5.74) is 0. The molecule has 0 atom stereocenters. The van der Waals surface area contributed by atoms with Crippen LogP contribution in [0.25, 0.3) is 5.82 Å². The summed E-state index contributed by atoms with van der Waals surface area (Å²) in [7, 11) is 0. The van der Waals surface area contributed by atoms with E-state index in [9.17, 15) is 0 Å². The number of aryl methyl sites for hydroxylation is 1. The lowest BCUT2D eigenvalue weighted by atomic mass is 10.4.